The van der Waals surface area contributed by atoms with Crippen LogP contribution in [-0.4, -0.2) is 0 Å². The molecule has 14 heavy (non-hydrogen) atoms. The van der Waals surface area contributed by atoms with Gasteiger partial charge in [0.25, 0.3) is 0 Å². The monoisotopic (exact) mass is 198 g/mol. The fourth-order valence-electron chi connectivity index (χ4n) is 1.77. The molecular formula is C14H30. The second-order valence-electron chi connectivity index (χ2n) is 6.74. The van der Waals surface area contributed by atoms with Gasteiger partial charge in [0.15, 0.2) is 0 Å². The van der Waals surface area contributed by atoms with Crippen molar-refractivity contribution in [1.29, 1.82) is 0 Å². The Morgan fingerprint density at radius 3 is 1.79 bits per heavy atom. The molecule has 0 aromatic carbocycles. The summed E-state index contributed by atoms with van der Waals surface area (Å²) in [4.78, 5) is 0. The lowest BCUT2D eigenvalue weighted by molar-refractivity contribution is 0.168. The summed E-state index contributed by atoms with van der Waals surface area (Å²) >= 11 is 0. The van der Waals surface area contributed by atoms with Crippen molar-refractivity contribution in [3.8, 4) is 0 Å². The van der Waals surface area contributed by atoms with Crippen LogP contribution in [0, 0.1) is 16.7 Å². The molecule has 0 bridgehead atoms. The molecule has 0 saturated heterocycles. The maximum Gasteiger partial charge on any atom is -0.0328 e. The van der Waals surface area contributed by atoms with Crippen molar-refractivity contribution in [1.82, 2.24) is 0 Å². The highest BCUT2D eigenvalue weighted by atomic mass is 14.3. The van der Waals surface area contributed by atoms with Gasteiger partial charge in [-0.3, -0.25) is 0 Å². The molecule has 1 atom stereocenters. The molecule has 0 N–H and O–H groups in total. The normalized spacial score (nSPS) is 15.6. The second kappa shape index (κ2) is 5.19. The summed E-state index contributed by atoms with van der Waals surface area (Å²) in [5.74, 6) is 0.856. The molecule has 0 heterocycles. The Balaban J connectivity index is 4.06. The van der Waals surface area contributed by atoms with Crippen LogP contribution in [0.25, 0.3) is 0 Å². The highest BCUT2D eigenvalue weighted by Gasteiger charge is 2.26. The van der Waals surface area contributed by atoms with E-state index in [0.29, 0.717) is 10.8 Å². The third-order valence-electron chi connectivity index (χ3n) is 3.58. The van der Waals surface area contributed by atoms with Crippen LogP contribution in [0.3, 0.4) is 0 Å². The first-order valence-electron chi connectivity index (χ1n) is 6.19. The van der Waals surface area contributed by atoms with Crippen LogP contribution in [0.4, 0.5) is 0 Å². The van der Waals surface area contributed by atoms with Crippen molar-refractivity contribution in [3.63, 3.8) is 0 Å². The lowest BCUT2D eigenvalue weighted by atomic mass is 9.71. The lowest BCUT2D eigenvalue weighted by Gasteiger charge is -2.34. The van der Waals surface area contributed by atoms with Crippen molar-refractivity contribution >= 4 is 0 Å². The van der Waals surface area contributed by atoms with Gasteiger partial charge in [-0.2, -0.15) is 0 Å². The summed E-state index contributed by atoms with van der Waals surface area (Å²) in [6.45, 7) is 16.6. The molecule has 0 aliphatic heterocycles. The third-order valence-corrected chi connectivity index (χ3v) is 3.58. The molecule has 0 saturated carbocycles. The van der Waals surface area contributed by atoms with Gasteiger partial charge in [-0.15, -0.1) is 0 Å². The van der Waals surface area contributed by atoms with Crippen LogP contribution in [0.2, 0.25) is 0 Å². The minimum Gasteiger partial charge on any atom is -0.0654 e. The molecule has 86 valence electrons. The molecule has 0 rings (SSSR count). The summed E-state index contributed by atoms with van der Waals surface area (Å²) in [7, 11) is 0. The van der Waals surface area contributed by atoms with Gasteiger partial charge in [-0.1, -0.05) is 61.3 Å². The number of rotatable bonds is 5. The highest BCUT2D eigenvalue weighted by Crippen LogP contribution is 2.37. The van der Waals surface area contributed by atoms with E-state index in [1.807, 2.05) is 0 Å². The molecule has 1 unspecified atom stereocenters. The van der Waals surface area contributed by atoms with Gasteiger partial charge in [0.05, 0.1) is 0 Å². The first-order valence-corrected chi connectivity index (χ1v) is 6.19. The Labute approximate surface area is 91.5 Å². The molecule has 0 amide bonds. The zero-order valence-corrected chi connectivity index (χ0v) is 11.4. The van der Waals surface area contributed by atoms with Gasteiger partial charge in [-0.05, 0) is 29.6 Å². The molecule has 0 heteroatoms. The Morgan fingerprint density at radius 1 is 0.929 bits per heavy atom. The largest absolute Gasteiger partial charge is 0.0654 e. The Morgan fingerprint density at radius 2 is 1.43 bits per heavy atom. The van der Waals surface area contributed by atoms with Gasteiger partial charge in [-0.25, -0.2) is 0 Å². The fourth-order valence-corrected chi connectivity index (χ4v) is 1.77. The van der Waals surface area contributed by atoms with Crippen LogP contribution in [-0.2, 0) is 0 Å². The highest BCUT2D eigenvalue weighted by molar-refractivity contribution is 4.77. The van der Waals surface area contributed by atoms with Gasteiger partial charge in [0.1, 0.15) is 0 Å². The Bertz CT molecular complexity index is 148. The first kappa shape index (κ1) is 14.0. The van der Waals surface area contributed by atoms with E-state index in [1.54, 1.807) is 0 Å². The van der Waals surface area contributed by atoms with Crippen molar-refractivity contribution in [3.05, 3.63) is 0 Å². The van der Waals surface area contributed by atoms with E-state index >= 15 is 0 Å². The predicted octanol–water partition coefficient (Wildman–Crippen LogP) is 5.28. The van der Waals surface area contributed by atoms with Gasteiger partial charge >= 0.3 is 0 Å². The fraction of sp³-hybridized carbons (Fsp3) is 1.00. The van der Waals surface area contributed by atoms with E-state index in [4.69, 9.17) is 0 Å². The zero-order valence-electron chi connectivity index (χ0n) is 11.4. The van der Waals surface area contributed by atoms with E-state index in [2.05, 4.69) is 48.5 Å². The second-order valence-corrected chi connectivity index (χ2v) is 6.74. The van der Waals surface area contributed by atoms with E-state index in [0.717, 1.165) is 5.92 Å². The quantitative estimate of drug-likeness (QED) is 0.564. The van der Waals surface area contributed by atoms with Crippen molar-refractivity contribution in [2.45, 2.75) is 74.1 Å². The summed E-state index contributed by atoms with van der Waals surface area (Å²) in [6.07, 6.45) is 5.39. The number of hydrogen-bond donors (Lipinski definition) is 0. The maximum absolute atomic E-state index is 2.43. The molecule has 0 spiro atoms. The molecule has 0 aromatic rings. The Hall–Kier alpha value is 0. The maximum atomic E-state index is 2.43. The summed E-state index contributed by atoms with van der Waals surface area (Å²) in [5.41, 5.74) is 1.01. The minimum absolute atomic E-state index is 0.489. The van der Waals surface area contributed by atoms with E-state index in [-0.39, 0.29) is 0 Å². The van der Waals surface area contributed by atoms with Crippen molar-refractivity contribution in [2.24, 2.45) is 16.7 Å². The van der Waals surface area contributed by atoms with E-state index < -0.39 is 0 Å². The van der Waals surface area contributed by atoms with Gasteiger partial charge in [0.2, 0.25) is 0 Å². The summed E-state index contributed by atoms with van der Waals surface area (Å²) < 4.78 is 0. The topological polar surface area (TPSA) is 0 Å². The number of hydrogen-bond acceptors (Lipinski definition) is 0. The van der Waals surface area contributed by atoms with Crippen LogP contribution in [0.5, 0.6) is 0 Å². The average Bonchev–Trinajstić information content (AvgIpc) is 2.00. The smallest absolute Gasteiger partial charge is 0.0328 e. The van der Waals surface area contributed by atoms with Crippen LogP contribution in [0.15, 0.2) is 0 Å². The average molecular weight is 198 g/mol. The molecule has 0 aromatic heterocycles. The molecular weight excluding hydrogens is 168 g/mol. The lowest BCUT2D eigenvalue weighted by Crippen LogP contribution is -2.23. The van der Waals surface area contributed by atoms with Crippen LogP contribution < -0.4 is 0 Å². The van der Waals surface area contributed by atoms with E-state index in [1.165, 1.54) is 25.7 Å². The van der Waals surface area contributed by atoms with Crippen molar-refractivity contribution < 1.29 is 0 Å². The van der Waals surface area contributed by atoms with Gasteiger partial charge in [0, 0.05) is 0 Å². The zero-order chi connectivity index (χ0) is 11.4. The molecule has 0 aliphatic rings. The van der Waals surface area contributed by atoms with Crippen LogP contribution in [0.1, 0.15) is 74.1 Å². The molecule has 0 aliphatic carbocycles. The van der Waals surface area contributed by atoms with Crippen molar-refractivity contribution in [2.75, 3.05) is 0 Å². The predicted molar refractivity (Wildman–Crippen MR) is 66.5 cm³/mol. The summed E-state index contributed by atoms with van der Waals surface area (Å²) in [5, 5.41) is 0. The van der Waals surface area contributed by atoms with E-state index in [9.17, 15) is 0 Å². The molecule has 0 fully saturated rings. The minimum atomic E-state index is 0.489. The summed E-state index contributed by atoms with van der Waals surface area (Å²) in [6, 6.07) is 0. The third kappa shape index (κ3) is 5.67. The van der Waals surface area contributed by atoms with Gasteiger partial charge < -0.3 is 0 Å². The van der Waals surface area contributed by atoms with Crippen LogP contribution >= 0.6 is 0 Å². The molecule has 0 nitrogen and oxygen atoms in total. The first-order chi connectivity index (χ1) is 6.19. The standard InChI is InChI=1S/C14H30/c1-8-9-12(2)14(6,7)11-10-13(3,4)5/h12H,8-11H2,1-7H3. The SMILES string of the molecule is CCCC(C)C(C)(C)CCC(C)(C)C. The molecule has 0 radical (unpaired) electrons. The Kier molecular flexibility index (Phi) is 5.19.